The maximum atomic E-state index is 11.6. The van der Waals surface area contributed by atoms with Crippen LogP contribution < -0.4 is 0 Å². The van der Waals surface area contributed by atoms with Crippen LogP contribution in [-0.2, 0) is 4.79 Å². The summed E-state index contributed by atoms with van der Waals surface area (Å²) in [5, 5.41) is 10.00. The number of carbonyl (C=O) groups is 1. The van der Waals surface area contributed by atoms with E-state index in [1.54, 1.807) is 6.08 Å². The van der Waals surface area contributed by atoms with Crippen LogP contribution in [-0.4, -0.2) is 17.0 Å². The summed E-state index contributed by atoms with van der Waals surface area (Å²) in [6, 6.07) is 0. The maximum Gasteiger partial charge on any atom is 0.184 e. The quantitative estimate of drug-likeness (QED) is 0.708. The van der Waals surface area contributed by atoms with Crippen LogP contribution >= 0.6 is 0 Å². The number of hydrogen-bond acceptors (Lipinski definition) is 2. The molecule has 0 aromatic rings. The summed E-state index contributed by atoms with van der Waals surface area (Å²) < 4.78 is 0. The van der Waals surface area contributed by atoms with Gasteiger partial charge in [-0.2, -0.15) is 0 Å². The third-order valence-electron chi connectivity index (χ3n) is 5.03. The van der Waals surface area contributed by atoms with Crippen LogP contribution in [0.3, 0.4) is 0 Å². The molecule has 0 aromatic heterocycles. The molecule has 0 amide bonds. The minimum Gasteiger partial charge on any atom is -0.385 e. The van der Waals surface area contributed by atoms with E-state index >= 15 is 0 Å². The van der Waals surface area contributed by atoms with E-state index in [-0.39, 0.29) is 17.1 Å². The van der Waals surface area contributed by atoms with Crippen LogP contribution in [0.1, 0.15) is 40.0 Å². The van der Waals surface area contributed by atoms with Crippen molar-refractivity contribution in [3.8, 4) is 0 Å². The third kappa shape index (κ3) is 1.79. The van der Waals surface area contributed by atoms with Crippen LogP contribution in [0.4, 0.5) is 0 Å². The van der Waals surface area contributed by atoms with Gasteiger partial charge in [0.2, 0.25) is 0 Å². The Morgan fingerprint density at radius 3 is 2.76 bits per heavy atom. The van der Waals surface area contributed by atoms with E-state index < -0.39 is 6.10 Å². The first-order valence-corrected chi connectivity index (χ1v) is 6.44. The molecule has 0 saturated heterocycles. The van der Waals surface area contributed by atoms with Crippen molar-refractivity contribution in [3.05, 3.63) is 23.8 Å². The number of hydrogen-bond donors (Lipinski definition) is 1. The fraction of sp³-hybridized carbons (Fsp3) is 0.667. The fourth-order valence-corrected chi connectivity index (χ4v) is 3.62. The molecule has 17 heavy (non-hydrogen) atoms. The zero-order chi connectivity index (χ0) is 12.8. The average Bonchev–Trinajstić information content (AvgIpc) is 2.71. The molecule has 1 N–H and O–H groups in total. The topological polar surface area (TPSA) is 37.3 Å². The summed E-state index contributed by atoms with van der Waals surface area (Å²) in [5.74, 6) is 0.449. The van der Waals surface area contributed by atoms with Crippen LogP contribution in [0, 0.1) is 17.3 Å². The van der Waals surface area contributed by atoms with Gasteiger partial charge < -0.3 is 5.11 Å². The second kappa shape index (κ2) is 4.09. The number of allylic oxidation sites excluding steroid dienone is 2. The van der Waals surface area contributed by atoms with Crippen molar-refractivity contribution in [2.24, 2.45) is 17.3 Å². The standard InChI is InChI=1S/C15H22O2/c1-9(2)12-5-6-15(8-12)10(3)7-13(16)14(17)11(15)4/h7,11-12,14,17H,1,5-6,8H2,2-4H3. The zero-order valence-corrected chi connectivity index (χ0v) is 11.0. The van der Waals surface area contributed by atoms with Crippen molar-refractivity contribution in [1.29, 1.82) is 0 Å². The second-order valence-corrected chi connectivity index (χ2v) is 5.91. The predicted octanol–water partition coefficient (Wildman–Crippen LogP) is 2.88. The van der Waals surface area contributed by atoms with Crippen LogP contribution in [0.15, 0.2) is 23.8 Å². The monoisotopic (exact) mass is 234 g/mol. The second-order valence-electron chi connectivity index (χ2n) is 5.91. The van der Waals surface area contributed by atoms with E-state index in [0.29, 0.717) is 5.92 Å². The van der Waals surface area contributed by atoms with Crippen molar-refractivity contribution in [2.75, 3.05) is 0 Å². The normalized spacial score (nSPS) is 41.8. The lowest BCUT2D eigenvalue weighted by Crippen LogP contribution is -2.43. The Balaban J connectivity index is 2.34. The molecule has 0 aromatic carbocycles. The van der Waals surface area contributed by atoms with Gasteiger partial charge in [-0.3, -0.25) is 4.79 Å². The molecule has 1 fully saturated rings. The Kier molecular flexibility index (Phi) is 3.03. The molecule has 0 radical (unpaired) electrons. The van der Waals surface area contributed by atoms with Gasteiger partial charge in [-0.25, -0.2) is 0 Å². The number of carbonyl (C=O) groups excluding carboxylic acids is 1. The molecule has 2 heteroatoms. The van der Waals surface area contributed by atoms with Gasteiger partial charge in [0.15, 0.2) is 5.78 Å². The molecule has 2 aliphatic rings. The van der Waals surface area contributed by atoms with Crippen molar-refractivity contribution in [2.45, 2.75) is 46.1 Å². The van der Waals surface area contributed by atoms with E-state index in [2.05, 4.69) is 13.5 Å². The highest BCUT2D eigenvalue weighted by atomic mass is 16.3. The predicted molar refractivity (Wildman–Crippen MR) is 68.5 cm³/mol. The summed E-state index contributed by atoms with van der Waals surface area (Å²) in [6.45, 7) is 10.2. The van der Waals surface area contributed by atoms with E-state index in [4.69, 9.17) is 0 Å². The van der Waals surface area contributed by atoms with E-state index in [1.165, 1.54) is 5.57 Å². The lowest BCUT2D eigenvalue weighted by molar-refractivity contribution is -0.128. The highest BCUT2D eigenvalue weighted by Gasteiger charge is 2.50. The van der Waals surface area contributed by atoms with Gasteiger partial charge in [-0.15, -0.1) is 0 Å². The smallest absolute Gasteiger partial charge is 0.184 e. The first-order chi connectivity index (χ1) is 7.88. The average molecular weight is 234 g/mol. The van der Waals surface area contributed by atoms with Crippen LogP contribution in [0.5, 0.6) is 0 Å². The summed E-state index contributed by atoms with van der Waals surface area (Å²) in [5.41, 5.74) is 2.41. The van der Waals surface area contributed by atoms with Gasteiger partial charge in [0.25, 0.3) is 0 Å². The van der Waals surface area contributed by atoms with E-state index in [9.17, 15) is 9.90 Å². The molecular weight excluding hydrogens is 212 g/mol. The van der Waals surface area contributed by atoms with Crippen molar-refractivity contribution in [1.82, 2.24) is 0 Å². The van der Waals surface area contributed by atoms with Gasteiger partial charge in [-0.1, -0.05) is 24.6 Å². The Morgan fingerprint density at radius 1 is 1.59 bits per heavy atom. The first kappa shape index (κ1) is 12.6. The van der Waals surface area contributed by atoms with Gasteiger partial charge >= 0.3 is 0 Å². The SMILES string of the molecule is C=C(C)C1CCC2(C1)C(C)=CC(=O)C(O)C2C. The first-order valence-electron chi connectivity index (χ1n) is 6.44. The fourth-order valence-electron chi connectivity index (χ4n) is 3.62. The molecule has 1 saturated carbocycles. The van der Waals surface area contributed by atoms with Crippen LogP contribution in [0.25, 0.3) is 0 Å². The summed E-state index contributed by atoms with van der Waals surface area (Å²) in [7, 11) is 0. The van der Waals surface area contributed by atoms with Crippen molar-refractivity contribution in [3.63, 3.8) is 0 Å². The molecule has 4 unspecified atom stereocenters. The lowest BCUT2D eigenvalue weighted by Gasteiger charge is -2.42. The summed E-state index contributed by atoms with van der Waals surface area (Å²) in [6.07, 6.45) is 4.08. The van der Waals surface area contributed by atoms with Gasteiger partial charge in [-0.05, 0) is 56.4 Å². The highest BCUT2D eigenvalue weighted by molar-refractivity contribution is 5.95. The maximum absolute atomic E-state index is 11.6. The Labute approximate surface area is 103 Å². The van der Waals surface area contributed by atoms with Crippen molar-refractivity contribution < 1.29 is 9.90 Å². The molecule has 1 spiro atoms. The molecule has 2 rings (SSSR count). The van der Waals surface area contributed by atoms with E-state index in [1.807, 2.05) is 13.8 Å². The largest absolute Gasteiger partial charge is 0.385 e. The molecular formula is C15H22O2. The number of ketones is 1. The van der Waals surface area contributed by atoms with Gasteiger partial charge in [0.05, 0.1) is 0 Å². The molecule has 2 nitrogen and oxygen atoms in total. The molecule has 4 atom stereocenters. The summed E-state index contributed by atoms with van der Waals surface area (Å²) in [4.78, 5) is 11.6. The lowest BCUT2D eigenvalue weighted by atomic mass is 9.63. The number of aliphatic hydroxyl groups is 1. The molecule has 0 heterocycles. The summed E-state index contributed by atoms with van der Waals surface area (Å²) >= 11 is 0. The van der Waals surface area contributed by atoms with Crippen LogP contribution in [0.2, 0.25) is 0 Å². The molecule has 2 aliphatic carbocycles. The Morgan fingerprint density at radius 2 is 2.24 bits per heavy atom. The Bertz CT molecular complexity index is 394. The van der Waals surface area contributed by atoms with Crippen molar-refractivity contribution >= 4 is 5.78 Å². The minimum absolute atomic E-state index is 0.0247. The number of rotatable bonds is 1. The van der Waals surface area contributed by atoms with E-state index in [0.717, 1.165) is 24.8 Å². The minimum atomic E-state index is -0.817. The number of aliphatic hydroxyl groups excluding tert-OH is 1. The molecule has 94 valence electrons. The highest BCUT2D eigenvalue weighted by Crippen LogP contribution is 2.55. The molecule has 0 bridgehead atoms. The zero-order valence-electron chi connectivity index (χ0n) is 11.0. The molecule has 0 aliphatic heterocycles. The Hall–Kier alpha value is -0.890. The van der Waals surface area contributed by atoms with Gasteiger partial charge in [0.1, 0.15) is 6.10 Å². The van der Waals surface area contributed by atoms with Gasteiger partial charge in [0, 0.05) is 0 Å². The third-order valence-corrected chi connectivity index (χ3v) is 5.03.